The number of aliphatic hydroxyl groups is 1. The van der Waals surface area contributed by atoms with E-state index in [0.29, 0.717) is 0 Å². The lowest BCUT2D eigenvalue weighted by Gasteiger charge is -2.06. The van der Waals surface area contributed by atoms with E-state index in [1.54, 1.807) is 11.8 Å². The fourth-order valence-corrected chi connectivity index (χ4v) is 3.16. The van der Waals surface area contributed by atoms with Gasteiger partial charge in [-0.15, -0.1) is 11.8 Å². The minimum atomic E-state index is 0.0899. The molecule has 0 atom stereocenters. The van der Waals surface area contributed by atoms with E-state index in [1.807, 2.05) is 42.6 Å². The Morgan fingerprint density at radius 2 is 1.90 bits per heavy atom. The van der Waals surface area contributed by atoms with Crippen molar-refractivity contribution in [3.63, 3.8) is 0 Å². The zero-order valence-corrected chi connectivity index (χ0v) is 11.8. The molecule has 0 aliphatic carbocycles. The Balaban J connectivity index is 1.83. The molecule has 3 heteroatoms. The Morgan fingerprint density at radius 3 is 2.80 bits per heavy atom. The second kappa shape index (κ2) is 6.07. The first kappa shape index (κ1) is 13.2. The van der Waals surface area contributed by atoms with Crippen LogP contribution in [-0.4, -0.2) is 10.1 Å². The van der Waals surface area contributed by atoms with Crippen LogP contribution in [0, 0.1) is 0 Å². The largest absolute Gasteiger partial charge is 0.392 e. The highest BCUT2D eigenvalue weighted by atomic mass is 32.2. The van der Waals surface area contributed by atoms with E-state index in [0.717, 1.165) is 16.8 Å². The van der Waals surface area contributed by atoms with Gasteiger partial charge in [-0.2, -0.15) is 0 Å². The van der Waals surface area contributed by atoms with Crippen LogP contribution in [0.1, 0.15) is 11.1 Å². The van der Waals surface area contributed by atoms with E-state index in [9.17, 15) is 5.11 Å². The molecular weight excluding hydrogens is 266 g/mol. The third-order valence-electron chi connectivity index (χ3n) is 3.21. The number of pyridine rings is 1. The van der Waals surface area contributed by atoms with Gasteiger partial charge in [-0.05, 0) is 35.4 Å². The summed E-state index contributed by atoms with van der Waals surface area (Å²) in [7, 11) is 0. The zero-order valence-electron chi connectivity index (χ0n) is 11.0. The summed E-state index contributed by atoms with van der Waals surface area (Å²) in [6.45, 7) is 0.0899. The molecule has 0 bridgehead atoms. The third-order valence-corrected chi connectivity index (χ3v) is 4.26. The number of hydrogen-bond acceptors (Lipinski definition) is 3. The maximum Gasteiger partial charge on any atom is 0.0705 e. The van der Waals surface area contributed by atoms with Gasteiger partial charge in [0.05, 0.1) is 12.1 Å². The van der Waals surface area contributed by atoms with E-state index in [1.165, 1.54) is 15.8 Å². The minimum Gasteiger partial charge on any atom is -0.392 e. The molecule has 3 rings (SSSR count). The lowest BCUT2D eigenvalue weighted by Crippen LogP contribution is -1.87. The first-order valence-electron chi connectivity index (χ1n) is 6.52. The summed E-state index contributed by atoms with van der Waals surface area (Å²) in [6.07, 6.45) is 1.86. The molecule has 0 aliphatic rings. The molecule has 100 valence electrons. The lowest BCUT2D eigenvalue weighted by molar-refractivity contribution is 0.281. The fraction of sp³-hybridized carbons (Fsp3) is 0.118. The molecule has 1 heterocycles. The molecule has 1 aromatic heterocycles. The van der Waals surface area contributed by atoms with Crippen molar-refractivity contribution in [1.82, 2.24) is 4.98 Å². The van der Waals surface area contributed by atoms with Gasteiger partial charge in [0.15, 0.2) is 0 Å². The topological polar surface area (TPSA) is 33.1 Å². The number of para-hydroxylation sites is 1. The van der Waals surface area contributed by atoms with Crippen LogP contribution in [0.25, 0.3) is 10.9 Å². The summed E-state index contributed by atoms with van der Waals surface area (Å²) in [5.41, 5.74) is 3.28. The van der Waals surface area contributed by atoms with Crippen LogP contribution in [0.2, 0.25) is 0 Å². The average molecular weight is 281 g/mol. The molecule has 1 N–H and O–H groups in total. The van der Waals surface area contributed by atoms with Gasteiger partial charge in [0, 0.05) is 22.2 Å². The van der Waals surface area contributed by atoms with Crippen LogP contribution >= 0.6 is 11.8 Å². The number of fused-ring (bicyclic) bond motifs is 1. The van der Waals surface area contributed by atoms with Gasteiger partial charge in [-0.25, -0.2) is 0 Å². The Kier molecular flexibility index (Phi) is 4.00. The summed E-state index contributed by atoms with van der Waals surface area (Å²) >= 11 is 1.78. The molecule has 3 aromatic rings. The average Bonchev–Trinajstić information content (AvgIpc) is 2.53. The lowest BCUT2D eigenvalue weighted by atomic mass is 10.1. The smallest absolute Gasteiger partial charge is 0.0705 e. The normalized spacial score (nSPS) is 10.8. The van der Waals surface area contributed by atoms with Gasteiger partial charge in [-0.1, -0.05) is 30.3 Å². The van der Waals surface area contributed by atoms with Crippen LogP contribution in [0.3, 0.4) is 0 Å². The predicted octanol–water partition coefficient (Wildman–Crippen LogP) is 4.02. The maximum absolute atomic E-state index is 9.17. The number of benzene rings is 2. The summed E-state index contributed by atoms with van der Waals surface area (Å²) < 4.78 is 0. The van der Waals surface area contributed by atoms with Crippen molar-refractivity contribution < 1.29 is 5.11 Å². The Morgan fingerprint density at radius 1 is 1.00 bits per heavy atom. The number of nitrogens with zero attached hydrogens (tertiary/aromatic N) is 1. The molecule has 0 amide bonds. The molecule has 0 fully saturated rings. The quantitative estimate of drug-likeness (QED) is 0.733. The van der Waals surface area contributed by atoms with Crippen LogP contribution < -0.4 is 0 Å². The summed E-state index contributed by atoms with van der Waals surface area (Å²) in [5.74, 6) is 0.901. The highest BCUT2D eigenvalue weighted by molar-refractivity contribution is 7.98. The Bertz CT molecular complexity index is 722. The van der Waals surface area contributed by atoms with Crippen LogP contribution in [0.5, 0.6) is 0 Å². The molecule has 0 aliphatic heterocycles. The van der Waals surface area contributed by atoms with E-state index in [-0.39, 0.29) is 6.61 Å². The molecule has 0 saturated heterocycles. The van der Waals surface area contributed by atoms with Gasteiger partial charge in [0.2, 0.25) is 0 Å². The summed E-state index contributed by atoms with van der Waals surface area (Å²) in [6, 6.07) is 18.3. The van der Waals surface area contributed by atoms with Gasteiger partial charge in [0.1, 0.15) is 0 Å². The number of aliphatic hydroxyl groups excluding tert-OH is 1. The monoisotopic (exact) mass is 281 g/mol. The molecule has 20 heavy (non-hydrogen) atoms. The molecular formula is C17H15NOS. The number of aromatic nitrogens is 1. The highest BCUT2D eigenvalue weighted by Crippen LogP contribution is 2.27. The van der Waals surface area contributed by atoms with Crippen molar-refractivity contribution in [2.45, 2.75) is 17.3 Å². The SMILES string of the molecule is OCc1cccc(SCc2ccnc3ccccc23)c1. The molecule has 0 saturated carbocycles. The van der Waals surface area contributed by atoms with Crippen molar-refractivity contribution in [2.24, 2.45) is 0 Å². The van der Waals surface area contributed by atoms with Crippen LogP contribution in [0.15, 0.2) is 65.7 Å². The molecule has 0 spiro atoms. The van der Waals surface area contributed by atoms with Gasteiger partial charge in [0.25, 0.3) is 0 Å². The van der Waals surface area contributed by atoms with E-state index < -0.39 is 0 Å². The number of rotatable bonds is 4. The van der Waals surface area contributed by atoms with Crippen LogP contribution in [0.4, 0.5) is 0 Å². The van der Waals surface area contributed by atoms with E-state index in [2.05, 4.69) is 23.2 Å². The first-order chi connectivity index (χ1) is 9.86. The minimum absolute atomic E-state index is 0.0899. The zero-order chi connectivity index (χ0) is 13.8. The predicted molar refractivity (Wildman–Crippen MR) is 83.7 cm³/mol. The van der Waals surface area contributed by atoms with Gasteiger partial charge >= 0.3 is 0 Å². The number of hydrogen-bond donors (Lipinski definition) is 1. The Hall–Kier alpha value is -1.84. The van der Waals surface area contributed by atoms with Gasteiger partial charge in [-0.3, -0.25) is 4.98 Å². The van der Waals surface area contributed by atoms with Gasteiger partial charge < -0.3 is 5.11 Å². The third kappa shape index (κ3) is 2.84. The molecule has 2 nitrogen and oxygen atoms in total. The Labute approximate surface area is 122 Å². The standard InChI is InChI=1S/C17H15NOS/c19-11-13-4-3-5-15(10-13)20-12-14-8-9-18-17-7-2-1-6-16(14)17/h1-10,19H,11-12H2. The van der Waals surface area contributed by atoms with Crippen molar-refractivity contribution in [2.75, 3.05) is 0 Å². The van der Waals surface area contributed by atoms with Crippen molar-refractivity contribution in [1.29, 1.82) is 0 Å². The van der Waals surface area contributed by atoms with E-state index in [4.69, 9.17) is 0 Å². The van der Waals surface area contributed by atoms with Crippen molar-refractivity contribution in [3.8, 4) is 0 Å². The molecule has 0 radical (unpaired) electrons. The van der Waals surface area contributed by atoms with Crippen molar-refractivity contribution in [3.05, 3.63) is 71.9 Å². The first-order valence-corrected chi connectivity index (χ1v) is 7.50. The maximum atomic E-state index is 9.17. The van der Waals surface area contributed by atoms with E-state index >= 15 is 0 Å². The molecule has 0 unspecified atom stereocenters. The second-order valence-corrected chi connectivity index (χ2v) is 5.63. The fourth-order valence-electron chi connectivity index (χ4n) is 2.18. The van der Waals surface area contributed by atoms with Crippen LogP contribution in [-0.2, 0) is 12.4 Å². The number of thioether (sulfide) groups is 1. The summed E-state index contributed by atoms with van der Waals surface area (Å²) in [4.78, 5) is 5.56. The van der Waals surface area contributed by atoms with Crippen molar-refractivity contribution >= 4 is 22.7 Å². The second-order valence-electron chi connectivity index (χ2n) is 4.58. The molecule has 2 aromatic carbocycles. The highest BCUT2D eigenvalue weighted by Gasteiger charge is 2.03. The summed E-state index contributed by atoms with van der Waals surface area (Å²) in [5, 5.41) is 10.4.